The van der Waals surface area contributed by atoms with E-state index in [-0.39, 0.29) is 0 Å². The fraction of sp³-hybridized carbons (Fsp3) is 0.538. The van der Waals surface area contributed by atoms with Gasteiger partial charge in [-0.15, -0.1) is 0 Å². The van der Waals surface area contributed by atoms with Crippen molar-refractivity contribution in [2.24, 2.45) is 5.73 Å². The van der Waals surface area contributed by atoms with Crippen molar-refractivity contribution in [1.82, 2.24) is 0 Å². The summed E-state index contributed by atoms with van der Waals surface area (Å²) in [6.07, 6.45) is 4.04. The molecule has 0 aromatic heterocycles. The summed E-state index contributed by atoms with van der Waals surface area (Å²) in [5.41, 5.74) is 7.17. The molecule has 1 aliphatic carbocycles. The Hall–Kier alpha value is -0.870. The minimum atomic E-state index is -3.40. The Labute approximate surface area is 103 Å². The molecular formula is C13H19NO2S. The normalized spacial score (nSPS) is 20.1. The predicted octanol–water partition coefficient (Wildman–Crippen LogP) is 2.39. The summed E-state index contributed by atoms with van der Waals surface area (Å²) in [4.78, 5) is -0.701. The molecule has 0 unspecified atom stereocenters. The molecular weight excluding hydrogens is 234 g/mol. The Morgan fingerprint density at radius 2 is 1.59 bits per heavy atom. The highest BCUT2D eigenvalue weighted by atomic mass is 32.2. The minimum Gasteiger partial charge on any atom is -0.312 e. The zero-order valence-electron chi connectivity index (χ0n) is 10.1. The Morgan fingerprint density at radius 3 is 2.12 bits per heavy atom. The summed E-state index contributed by atoms with van der Waals surface area (Å²) in [6.45, 7) is 1.94. The number of rotatable bonds is 2. The second-order valence-electron chi connectivity index (χ2n) is 4.94. The molecule has 2 rings (SSSR count). The number of aryl methyl sites for hydroxylation is 1. The summed E-state index contributed by atoms with van der Waals surface area (Å²) in [5, 5.41) is 0. The van der Waals surface area contributed by atoms with Crippen molar-refractivity contribution in [1.29, 1.82) is 0 Å². The lowest BCUT2D eigenvalue weighted by atomic mass is 9.96. The van der Waals surface area contributed by atoms with Gasteiger partial charge in [0.05, 0.1) is 4.90 Å². The van der Waals surface area contributed by atoms with Crippen molar-refractivity contribution in [2.75, 3.05) is 0 Å². The van der Waals surface area contributed by atoms with Crippen LogP contribution in [0.4, 0.5) is 0 Å². The van der Waals surface area contributed by atoms with E-state index in [4.69, 9.17) is 5.73 Å². The van der Waals surface area contributed by atoms with Gasteiger partial charge in [-0.25, -0.2) is 8.42 Å². The zero-order chi connectivity index (χ0) is 12.5. The molecule has 0 saturated heterocycles. The number of sulfone groups is 1. The topological polar surface area (TPSA) is 60.2 Å². The van der Waals surface area contributed by atoms with Crippen molar-refractivity contribution < 1.29 is 8.42 Å². The SMILES string of the molecule is Cc1ccc(S(=O)(=O)C2(N)CCCCC2)cc1. The zero-order valence-corrected chi connectivity index (χ0v) is 11.0. The summed E-state index contributed by atoms with van der Waals surface area (Å²) in [5.74, 6) is 0. The third-order valence-electron chi connectivity index (χ3n) is 3.57. The molecule has 0 radical (unpaired) electrons. The van der Waals surface area contributed by atoms with Gasteiger partial charge in [0.15, 0.2) is 9.84 Å². The lowest BCUT2D eigenvalue weighted by Crippen LogP contribution is -2.49. The minimum absolute atomic E-state index is 0.354. The summed E-state index contributed by atoms with van der Waals surface area (Å²) in [6, 6.07) is 6.96. The van der Waals surface area contributed by atoms with Crippen LogP contribution in [0.3, 0.4) is 0 Å². The number of hydrogen-bond acceptors (Lipinski definition) is 3. The first-order chi connectivity index (χ1) is 7.96. The second-order valence-corrected chi connectivity index (χ2v) is 7.23. The third kappa shape index (κ3) is 2.24. The lowest BCUT2D eigenvalue weighted by molar-refractivity contribution is 0.380. The second kappa shape index (κ2) is 4.42. The molecule has 1 aliphatic rings. The van der Waals surface area contributed by atoms with Crippen molar-refractivity contribution in [3.63, 3.8) is 0 Å². The van der Waals surface area contributed by atoms with E-state index in [1.165, 1.54) is 0 Å². The van der Waals surface area contributed by atoms with Gasteiger partial charge in [0, 0.05) is 0 Å². The summed E-state index contributed by atoms with van der Waals surface area (Å²) in [7, 11) is -3.40. The van der Waals surface area contributed by atoms with Gasteiger partial charge < -0.3 is 5.73 Å². The molecule has 0 atom stereocenters. The molecule has 0 spiro atoms. The fourth-order valence-corrected chi connectivity index (χ4v) is 4.16. The molecule has 1 saturated carbocycles. The van der Waals surface area contributed by atoms with Gasteiger partial charge in [0.2, 0.25) is 0 Å². The number of hydrogen-bond donors (Lipinski definition) is 1. The van der Waals surface area contributed by atoms with Gasteiger partial charge in [-0.05, 0) is 31.9 Å². The van der Waals surface area contributed by atoms with Crippen LogP contribution in [0.15, 0.2) is 29.2 Å². The Kier molecular flexibility index (Phi) is 3.27. The highest BCUT2D eigenvalue weighted by molar-refractivity contribution is 7.92. The smallest absolute Gasteiger partial charge is 0.196 e. The highest BCUT2D eigenvalue weighted by Crippen LogP contribution is 2.34. The molecule has 2 N–H and O–H groups in total. The van der Waals surface area contributed by atoms with E-state index in [2.05, 4.69) is 0 Å². The van der Waals surface area contributed by atoms with Crippen LogP contribution < -0.4 is 5.73 Å². The van der Waals surface area contributed by atoms with Crippen LogP contribution in [0.2, 0.25) is 0 Å². The van der Waals surface area contributed by atoms with Crippen LogP contribution in [0.1, 0.15) is 37.7 Å². The first kappa shape index (κ1) is 12.6. The lowest BCUT2D eigenvalue weighted by Gasteiger charge is -2.32. The molecule has 1 aromatic rings. The van der Waals surface area contributed by atoms with Crippen LogP contribution in [0.25, 0.3) is 0 Å². The van der Waals surface area contributed by atoms with Crippen LogP contribution in [-0.2, 0) is 9.84 Å². The molecule has 94 valence electrons. The van der Waals surface area contributed by atoms with Crippen molar-refractivity contribution in [3.05, 3.63) is 29.8 Å². The maximum absolute atomic E-state index is 12.5. The van der Waals surface area contributed by atoms with Gasteiger partial charge in [-0.1, -0.05) is 37.0 Å². The van der Waals surface area contributed by atoms with Crippen LogP contribution in [0.5, 0.6) is 0 Å². The molecule has 1 fully saturated rings. The standard InChI is InChI=1S/C13H19NO2S/c1-11-5-7-12(8-6-11)17(15,16)13(14)9-3-2-4-10-13/h5-8H,2-4,9-10,14H2,1H3. The van der Waals surface area contributed by atoms with Gasteiger partial charge in [-0.3, -0.25) is 0 Å². The van der Waals surface area contributed by atoms with Crippen LogP contribution >= 0.6 is 0 Å². The van der Waals surface area contributed by atoms with E-state index < -0.39 is 14.7 Å². The molecule has 17 heavy (non-hydrogen) atoms. The first-order valence-corrected chi connectivity index (χ1v) is 7.54. The van der Waals surface area contributed by atoms with Crippen molar-refractivity contribution in [2.45, 2.75) is 48.8 Å². The van der Waals surface area contributed by atoms with Crippen molar-refractivity contribution >= 4 is 9.84 Å². The molecule has 0 amide bonds. The van der Waals surface area contributed by atoms with Gasteiger partial charge in [0.1, 0.15) is 4.87 Å². The summed E-state index contributed by atoms with van der Waals surface area (Å²) >= 11 is 0. The average Bonchev–Trinajstić information content (AvgIpc) is 2.30. The van der Waals surface area contributed by atoms with Gasteiger partial charge in [0.25, 0.3) is 0 Å². The number of nitrogens with two attached hydrogens (primary N) is 1. The first-order valence-electron chi connectivity index (χ1n) is 6.06. The maximum atomic E-state index is 12.5. The van der Waals surface area contributed by atoms with Gasteiger partial charge >= 0.3 is 0 Å². The average molecular weight is 253 g/mol. The monoisotopic (exact) mass is 253 g/mol. The Balaban J connectivity index is 2.38. The highest BCUT2D eigenvalue weighted by Gasteiger charge is 2.41. The van der Waals surface area contributed by atoms with E-state index in [0.717, 1.165) is 24.8 Å². The Bertz CT molecular complexity index is 485. The van der Waals surface area contributed by atoms with E-state index in [1.807, 2.05) is 19.1 Å². The molecule has 4 heteroatoms. The summed E-state index contributed by atoms with van der Waals surface area (Å²) < 4.78 is 25.0. The van der Waals surface area contributed by atoms with E-state index in [9.17, 15) is 8.42 Å². The van der Waals surface area contributed by atoms with Crippen LogP contribution in [0, 0.1) is 6.92 Å². The van der Waals surface area contributed by atoms with Crippen LogP contribution in [-0.4, -0.2) is 13.3 Å². The molecule has 0 aliphatic heterocycles. The van der Waals surface area contributed by atoms with Crippen molar-refractivity contribution in [3.8, 4) is 0 Å². The largest absolute Gasteiger partial charge is 0.312 e. The number of benzene rings is 1. The fourth-order valence-electron chi connectivity index (χ4n) is 2.37. The third-order valence-corrected chi connectivity index (χ3v) is 5.94. The molecule has 0 heterocycles. The van der Waals surface area contributed by atoms with E-state index in [1.54, 1.807) is 12.1 Å². The van der Waals surface area contributed by atoms with E-state index in [0.29, 0.717) is 17.7 Å². The molecule has 0 bridgehead atoms. The molecule has 3 nitrogen and oxygen atoms in total. The molecule has 1 aromatic carbocycles. The van der Waals surface area contributed by atoms with E-state index >= 15 is 0 Å². The quantitative estimate of drug-likeness (QED) is 0.880. The predicted molar refractivity (Wildman–Crippen MR) is 68.4 cm³/mol. The maximum Gasteiger partial charge on any atom is 0.196 e. The van der Waals surface area contributed by atoms with Gasteiger partial charge in [-0.2, -0.15) is 0 Å². The Morgan fingerprint density at radius 1 is 1.06 bits per heavy atom.